The molecule has 1 aliphatic rings. The molecule has 2 rings (SSSR count). The first-order valence-corrected chi connectivity index (χ1v) is 6.77. The Bertz CT molecular complexity index is 522. The van der Waals surface area contributed by atoms with Crippen molar-refractivity contribution in [1.29, 1.82) is 0 Å². The highest BCUT2D eigenvalue weighted by Gasteiger charge is 2.27. The van der Waals surface area contributed by atoms with Gasteiger partial charge in [-0.05, 0) is 50.3 Å². The lowest BCUT2D eigenvalue weighted by molar-refractivity contribution is -0.142. The zero-order valence-electron chi connectivity index (χ0n) is 11.4. The number of amides is 1. The van der Waals surface area contributed by atoms with E-state index in [0.29, 0.717) is 31.2 Å². The van der Waals surface area contributed by atoms with Crippen molar-refractivity contribution in [3.8, 4) is 0 Å². The number of aliphatic carboxylic acids is 1. The van der Waals surface area contributed by atoms with Crippen molar-refractivity contribution in [2.24, 2.45) is 5.92 Å². The van der Waals surface area contributed by atoms with Gasteiger partial charge in [-0.25, -0.2) is 4.39 Å². The summed E-state index contributed by atoms with van der Waals surface area (Å²) in [7, 11) is 0. The zero-order valence-corrected chi connectivity index (χ0v) is 11.4. The van der Waals surface area contributed by atoms with Crippen molar-refractivity contribution in [3.05, 3.63) is 35.1 Å². The summed E-state index contributed by atoms with van der Waals surface area (Å²) in [6.45, 7) is 1.76. The molecule has 1 aromatic rings. The standard InChI is InChI=1S/C15H18FNO3/c1-9-2-5-11(16)8-13(9)14(18)17-12-6-3-10(4-7-12)15(19)20/h2,5,8,10,12H,3-4,6-7H2,1H3,(H,17,18)(H,19,20). The molecule has 4 nitrogen and oxygen atoms in total. The maximum atomic E-state index is 13.2. The van der Waals surface area contributed by atoms with Gasteiger partial charge in [-0.15, -0.1) is 0 Å². The fraction of sp³-hybridized carbons (Fsp3) is 0.467. The first-order chi connectivity index (χ1) is 9.47. The Hall–Kier alpha value is -1.91. The van der Waals surface area contributed by atoms with E-state index in [-0.39, 0.29) is 17.9 Å². The van der Waals surface area contributed by atoms with E-state index in [0.717, 1.165) is 5.56 Å². The highest BCUT2D eigenvalue weighted by molar-refractivity contribution is 5.95. The number of carbonyl (C=O) groups is 2. The van der Waals surface area contributed by atoms with E-state index < -0.39 is 11.8 Å². The zero-order chi connectivity index (χ0) is 14.7. The lowest BCUT2D eigenvalue weighted by atomic mass is 9.86. The van der Waals surface area contributed by atoms with Crippen molar-refractivity contribution in [3.63, 3.8) is 0 Å². The van der Waals surface area contributed by atoms with Crippen LogP contribution in [0.2, 0.25) is 0 Å². The van der Waals surface area contributed by atoms with Gasteiger partial charge in [-0.3, -0.25) is 9.59 Å². The summed E-state index contributed by atoms with van der Waals surface area (Å²) in [6, 6.07) is 4.10. The van der Waals surface area contributed by atoms with Crippen LogP contribution >= 0.6 is 0 Å². The normalized spacial score (nSPS) is 22.3. The van der Waals surface area contributed by atoms with Crippen LogP contribution in [0.1, 0.15) is 41.6 Å². The predicted molar refractivity (Wildman–Crippen MR) is 72.0 cm³/mol. The van der Waals surface area contributed by atoms with Crippen molar-refractivity contribution in [1.82, 2.24) is 5.32 Å². The van der Waals surface area contributed by atoms with Gasteiger partial charge in [0.05, 0.1) is 5.92 Å². The molecule has 2 N–H and O–H groups in total. The van der Waals surface area contributed by atoms with Crippen LogP contribution in [0, 0.1) is 18.7 Å². The van der Waals surface area contributed by atoms with Crippen LogP contribution in [-0.2, 0) is 4.79 Å². The van der Waals surface area contributed by atoms with Crippen molar-refractivity contribution in [2.45, 2.75) is 38.6 Å². The van der Waals surface area contributed by atoms with Crippen LogP contribution in [-0.4, -0.2) is 23.0 Å². The summed E-state index contributed by atoms with van der Waals surface area (Å²) >= 11 is 0. The molecule has 0 unspecified atom stereocenters. The molecule has 0 spiro atoms. The monoisotopic (exact) mass is 279 g/mol. The molecule has 0 radical (unpaired) electrons. The summed E-state index contributed by atoms with van der Waals surface area (Å²) in [5, 5.41) is 11.8. The molecule has 0 bridgehead atoms. The summed E-state index contributed by atoms with van der Waals surface area (Å²) < 4.78 is 13.2. The number of rotatable bonds is 3. The largest absolute Gasteiger partial charge is 0.481 e. The Balaban J connectivity index is 1.96. The third-order valence-electron chi connectivity index (χ3n) is 3.86. The summed E-state index contributed by atoms with van der Waals surface area (Å²) in [5.74, 6) is -1.80. The number of carbonyl (C=O) groups excluding carboxylic acids is 1. The predicted octanol–water partition coefficient (Wildman–Crippen LogP) is 2.51. The van der Waals surface area contributed by atoms with Gasteiger partial charge < -0.3 is 10.4 Å². The van der Waals surface area contributed by atoms with Crippen LogP contribution in [0.5, 0.6) is 0 Å². The number of halogens is 1. The van der Waals surface area contributed by atoms with Gasteiger partial charge in [-0.1, -0.05) is 6.07 Å². The van der Waals surface area contributed by atoms with E-state index in [1.165, 1.54) is 12.1 Å². The van der Waals surface area contributed by atoms with E-state index >= 15 is 0 Å². The fourth-order valence-electron chi connectivity index (χ4n) is 2.59. The number of nitrogens with one attached hydrogen (secondary N) is 1. The Morgan fingerprint density at radius 3 is 2.50 bits per heavy atom. The average Bonchev–Trinajstić information content (AvgIpc) is 2.42. The van der Waals surface area contributed by atoms with Gasteiger partial charge in [0.1, 0.15) is 5.82 Å². The smallest absolute Gasteiger partial charge is 0.306 e. The number of hydrogen-bond donors (Lipinski definition) is 2. The van der Waals surface area contributed by atoms with E-state index in [1.807, 2.05) is 0 Å². The molecule has 108 valence electrons. The Labute approximate surface area is 117 Å². The number of carboxylic acid groups (broad SMARTS) is 1. The minimum absolute atomic E-state index is 0.0271. The SMILES string of the molecule is Cc1ccc(F)cc1C(=O)NC1CCC(C(=O)O)CC1. The summed E-state index contributed by atoms with van der Waals surface area (Å²) in [6.07, 6.45) is 2.44. The highest BCUT2D eigenvalue weighted by atomic mass is 19.1. The molecule has 1 fully saturated rings. The average molecular weight is 279 g/mol. The topological polar surface area (TPSA) is 66.4 Å². The highest BCUT2D eigenvalue weighted by Crippen LogP contribution is 2.24. The van der Waals surface area contributed by atoms with E-state index in [1.54, 1.807) is 13.0 Å². The maximum absolute atomic E-state index is 13.2. The van der Waals surface area contributed by atoms with Crippen LogP contribution in [0.3, 0.4) is 0 Å². The van der Waals surface area contributed by atoms with Crippen LogP contribution in [0.25, 0.3) is 0 Å². The van der Waals surface area contributed by atoms with Crippen molar-refractivity contribution in [2.75, 3.05) is 0 Å². The molecule has 1 saturated carbocycles. The first-order valence-electron chi connectivity index (χ1n) is 6.77. The Morgan fingerprint density at radius 1 is 1.25 bits per heavy atom. The molecule has 0 atom stereocenters. The van der Waals surface area contributed by atoms with Crippen LogP contribution < -0.4 is 5.32 Å². The Kier molecular flexibility index (Phi) is 4.37. The molecule has 0 heterocycles. The fourth-order valence-corrected chi connectivity index (χ4v) is 2.59. The van der Waals surface area contributed by atoms with Crippen molar-refractivity contribution < 1.29 is 19.1 Å². The van der Waals surface area contributed by atoms with Crippen LogP contribution in [0.15, 0.2) is 18.2 Å². The molecule has 0 aromatic heterocycles. The molecule has 0 aliphatic heterocycles. The number of hydrogen-bond acceptors (Lipinski definition) is 2. The number of carboxylic acids is 1. The molecular weight excluding hydrogens is 261 g/mol. The molecule has 5 heteroatoms. The quantitative estimate of drug-likeness (QED) is 0.893. The van der Waals surface area contributed by atoms with Gasteiger partial charge in [0, 0.05) is 11.6 Å². The number of aryl methyl sites for hydroxylation is 1. The van der Waals surface area contributed by atoms with E-state index in [4.69, 9.17) is 5.11 Å². The van der Waals surface area contributed by atoms with Gasteiger partial charge in [-0.2, -0.15) is 0 Å². The third kappa shape index (κ3) is 3.35. The number of benzene rings is 1. The second kappa shape index (κ2) is 6.03. The van der Waals surface area contributed by atoms with Crippen molar-refractivity contribution >= 4 is 11.9 Å². The first kappa shape index (κ1) is 14.5. The minimum Gasteiger partial charge on any atom is -0.481 e. The molecule has 1 aromatic carbocycles. The second-order valence-corrected chi connectivity index (χ2v) is 5.32. The van der Waals surface area contributed by atoms with Gasteiger partial charge in [0.25, 0.3) is 5.91 Å². The molecule has 0 saturated heterocycles. The van der Waals surface area contributed by atoms with E-state index in [9.17, 15) is 14.0 Å². The maximum Gasteiger partial charge on any atom is 0.306 e. The molecular formula is C15H18FNO3. The lowest BCUT2D eigenvalue weighted by Gasteiger charge is -2.27. The molecule has 1 amide bonds. The van der Waals surface area contributed by atoms with Gasteiger partial charge >= 0.3 is 5.97 Å². The third-order valence-corrected chi connectivity index (χ3v) is 3.86. The lowest BCUT2D eigenvalue weighted by Crippen LogP contribution is -2.39. The summed E-state index contributed by atoms with van der Waals surface area (Å²) in [4.78, 5) is 23.0. The Morgan fingerprint density at radius 2 is 1.90 bits per heavy atom. The van der Waals surface area contributed by atoms with E-state index in [2.05, 4.69) is 5.32 Å². The molecule has 1 aliphatic carbocycles. The summed E-state index contributed by atoms with van der Waals surface area (Å²) in [5.41, 5.74) is 1.06. The minimum atomic E-state index is -0.768. The van der Waals surface area contributed by atoms with Crippen LogP contribution in [0.4, 0.5) is 4.39 Å². The van der Waals surface area contributed by atoms with Gasteiger partial charge in [0.2, 0.25) is 0 Å². The molecule has 20 heavy (non-hydrogen) atoms. The second-order valence-electron chi connectivity index (χ2n) is 5.32. The van der Waals surface area contributed by atoms with Gasteiger partial charge in [0.15, 0.2) is 0 Å².